The molecule has 3 aromatic heterocycles. The largest absolute Gasteiger partial charge is 0.377 e. The molecule has 0 unspecified atom stereocenters. The highest BCUT2D eigenvalue weighted by atomic mass is 32.1. The minimum Gasteiger partial charge on any atom is -0.377 e. The summed E-state index contributed by atoms with van der Waals surface area (Å²) >= 11 is 1.41. The summed E-state index contributed by atoms with van der Waals surface area (Å²) in [6, 6.07) is 9.17. The molecule has 0 saturated carbocycles. The van der Waals surface area contributed by atoms with E-state index in [-0.39, 0.29) is 17.5 Å². The van der Waals surface area contributed by atoms with E-state index in [0.29, 0.717) is 24.6 Å². The number of morpholine rings is 1. The van der Waals surface area contributed by atoms with Crippen LogP contribution in [0.15, 0.2) is 41.3 Å². The predicted octanol–water partition coefficient (Wildman–Crippen LogP) is 2.52. The average Bonchev–Trinajstić information content (AvgIpc) is 3.07. The molecule has 3 aromatic rings. The topological polar surface area (TPSA) is 64.4 Å². The van der Waals surface area contributed by atoms with Crippen LogP contribution in [0.4, 0.5) is 0 Å². The summed E-state index contributed by atoms with van der Waals surface area (Å²) in [4.78, 5) is 32.5. The molecule has 7 heteroatoms. The Morgan fingerprint density at radius 2 is 2.15 bits per heavy atom. The Bertz CT molecular complexity index is 1040. The Labute approximate surface area is 154 Å². The number of hydrogen-bond acceptors (Lipinski definition) is 5. The molecule has 1 aliphatic heterocycles. The highest BCUT2D eigenvalue weighted by Crippen LogP contribution is 2.28. The quantitative estimate of drug-likeness (QED) is 0.696. The van der Waals surface area contributed by atoms with Crippen LogP contribution in [0.2, 0.25) is 0 Å². The lowest BCUT2D eigenvalue weighted by atomic mass is 10.1. The van der Waals surface area contributed by atoms with Gasteiger partial charge in [0.1, 0.15) is 4.83 Å². The third-order valence-electron chi connectivity index (χ3n) is 4.60. The first-order valence-corrected chi connectivity index (χ1v) is 9.31. The second-order valence-electron chi connectivity index (χ2n) is 6.49. The average molecular weight is 369 g/mol. The van der Waals surface area contributed by atoms with Gasteiger partial charge in [-0.15, -0.1) is 11.3 Å². The zero-order valence-corrected chi connectivity index (χ0v) is 15.5. The number of pyridine rings is 2. The van der Waals surface area contributed by atoms with Gasteiger partial charge in [0.05, 0.1) is 29.8 Å². The maximum absolute atomic E-state index is 12.8. The van der Waals surface area contributed by atoms with Gasteiger partial charge >= 0.3 is 0 Å². The van der Waals surface area contributed by atoms with Gasteiger partial charge in [-0.05, 0) is 31.2 Å². The normalized spacial score (nSPS) is 17.6. The summed E-state index contributed by atoms with van der Waals surface area (Å²) in [5, 5.41) is 0.952. The number of amides is 1. The molecule has 0 radical (unpaired) electrons. The van der Waals surface area contributed by atoms with Crippen LogP contribution in [-0.2, 0) is 11.8 Å². The van der Waals surface area contributed by atoms with Gasteiger partial charge in [0.15, 0.2) is 0 Å². The molecule has 26 heavy (non-hydrogen) atoms. The van der Waals surface area contributed by atoms with Crippen LogP contribution in [0.5, 0.6) is 0 Å². The number of rotatable bonds is 2. The van der Waals surface area contributed by atoms with E-state index < -0.39 is 0 Å². The molecule has 1 aliphatic rings. The van der Waals surface area contributed by atoms with E-state index in [0.717, 1.165) is 21.5 Å². The second kappa shape index (κ2) is 6.66. The van der Waals surface area contributed by atoms with Crippen LogP contribution in [0.3, 0.4) is 0 Å². The number of carbonyl (C=O) groups is 1. The zero-order valence-electron chi connectivity index (χ0n) is 14.6. The van der Waals surface area contributed by atoms with E-state index in [2.05, 4.69) is 0 Å². The zero-order chi connectivity index (χ0) is 18.3. The molecule has 6 nitrogen and oxygen atoms in total. The predicted molar refractivity (Wildman–Crippen MR) is 102 cm³/mol. The van der Waals surface area contributed by atoms with Gasteiger partial charge in [0.25, 0.3) is 5.91 Å². The van der Waals surface area contributed by atoms with Gasteiger partial charge in [-0.2, -0.15) is 0 Å². The van der Waals surface area contributed by atoms with Gasteiger partial charge in [-0.1, -0.05) is 0 Å². The standard InChI is InChI=1S/C19H19N3O3S/c1-12-11-25-8-7-22(12)19(24)16-9-13-3-5-15(20-18(13)26-16)14-4-6-17(23)21(2)10-14/h3-6,9-10,12H,7-8,11H2,1-2H3/t12-/m0/s1. The van der Waals surface area contributed by atoms with Crippen molar-refractivity contribution in [2.45, 2.75) is 13.0 Å². The third-order valence-corrected chi connectivity index (χ3v) is 5.64. The van der Waals surface area contributed by atoms with Crippen molar-refractivity contribution in [1.82, 2.24) is 14.5 Å². The number of nitrogens with zero attached hydrogens (tertiary/aromatic N) is 3. The van der Waals surface area contributed by atoms with Crippen molar-refractivity contribution in [3.8, 4) is 11.3 Å². The van der Waals surface area contributed by atoms with Crippen molar-refractivity contribution in [3.63, 3.8) is 0 Å². The molecular formula is C19H19N3O3S. The van der Waals surface area contributed by atoms with Crippen molar-refractivity contribution in [2.75, 3.05) is 19.8 Å². The molecule has 0 spiro atoms. The number of thiophene rings is 1. The fraction of sp³-hybridized carbons (Fsp3) is 0.316. The van der Waals surface area contributed by atoms with Crippen LogP contribution in [0.1, 0.15) is 16.6 Å². The monoisotopic (exact) mass is 369 g/mol. The molecule has 1 saturated heterocycles. The summed E-state index contributed by atoms with van der Waals surface area (Å²) in [7, 11) is 1.72. The lowest BCUT2D eigenvalue weighted by molar-refractivity contribution is 0.00387. The maximum atomic E-state index is 12.8. The molecule has 0 N–H and O–H groups in total. The molecule has 0 aromatic carbocycles. The van der Waals surface area contributed by atoms with Crippen LogP contribution in [0.25, 0.3) is 21.5 Å². The Morgan fingerprint density at radius 1 is 1.31 bits per heavy atom. The Morgan fingerprint density at radius 3 is 2.92 bits per heavy atom. The third kappa shape index (κ3) is 3.04. The highest BCUT2D eigenvalue weighted by molar-refractivity contribution is 7.20. The van der Waals surface area contributed by atoms with E-state index in [1.165, 1.54) is 22.0 Å². The number of aromatic nitrogens is 2. The lowest BCUT2D eigenvalue weighted by Crippen LogP contribution is -2.46. The first-order valence-electron chi connectivity index (χ1n) is 8.49. The first-order chi connectivity index (χ1) is 12.5. The van der Waals surface area contributed by atoms with Gasteiger partial charge < -0.3 is 14.2 Å². The van der Waals surface area contributed by atoms with Crippen molar-refractivity contribution >= 4 is 27.5 Å². The SMILES string of the molecule is C[C@H]1COCCN1C(=O)c1cc2ccc(-c3ccc(=O)n(C)c3)nc2s1. The smallest absolute Gasteiger partial charge is 0.264 e. The van der Waals surface area contributed by atoms with Crippen LogP contribution >= 0.6 is 11.3 Å². The summed E-state index contributed by atoms with van der Waals surface area (Å²) in [6.07, 6.45) is 1.77. The number of aryl methyl sites for hydroxylation is 1. The first kappa shape index (κ1) is 16.9. The summed E-state index contributed by atoms with van der Waals surface area (Å²) in [5.74, 6) is 0.0347. The van der Waals surface area contributed by atoms with E-state index in [1.54, 1.807) is 19.3 Å². The van der Waals surface area contributed by atoms with Crippen LogP contribution in [-0.4, -0.2) is 46.2 Å². The van der Waals surface area contributed by atoms with E-state index in [1.807, 2.05) is 30.0 Å². The molecule has 4 rings (SSSR count). The van der Waals surface area contributed by atoms with Gasteiger partial charge in [0.2, 0.25) is 5.56 Å². The lowest BCUT2D eigenvalue weighted by Gasteiger charge is -2.32. The van der Waals surface area contributed by atoms with E-state index in [9.17, 15) is 9.59 Å². The van der Waals surface area contributed by atoms with E-state index >= 15 is 0 Å². The van der Waals surface area contributed by atoms with Crippen LogP contribution in [0, 0.1) is 0 Å². The fourth-order valence-electron chi connectivity index (χ4n) is 3.10. The Balaban J connectivity index is 1.68. The number of fused-ring (bicyclic) bond motifs is 1. The summed E-state index contributed by atoms with van der Waals surface area (Å²) < 4.78 is 6.94. The van der Waals surface area contributed by atoms with Gasteiger partial charge in [0, 0.05) is 36.8 Å². The molecule has 134 valence electrons. The molecular weight excluding hydrogens is 350 g/mol. The molecule has 0 aliphatic carbocycles. The van der Waals surface area contributed by atoms with Gasteiger partial charge in [-0.25, -0.2) is 4.98 Å². The van der Waals surface area contributed by atoms with Crippen molar-refractivity contribution < 1.29 is 9.53 Å². The molecule has 1 atom stereocenters. The van der Waals surface area contributed by atoms with Crippen LogP contribution < -0.4 is 5.56 Å². The number of ether oxygens (including phenoxy) is 1. The summed E-state index contributed by atoms with van der Waals surface area (Å²) in [6.45, 7) is 3.77. The van der Waals surface area contributed by atoms with Crippen molar-refractivity contribution in [1.29, 1.82) is 0 Å². The maximum Gasteiger partial charge on any atom is 0.264 e. The molecule has 1 fully saturated rings. The highest BCUT2D eigenvalue weighted by Gasteiger charge is 2.26. The minimum atomic E-state index is -0.0570. The van der Waals surface area contributed by atoms with E-state index in [4.69, 9.17) is 9.72 Å². The molecule has 4 heterocycles. The van der Waals surface area contributed by atoms with Gasteiger partial charge in [-0.3, -0.25) is 9.59 Å². The fourth-order valence-corrected chi connectivity index (χ4v) is 4.09. The number of hydrogen-bond donors (Lipinski definition) is 0. The second-order valence-corrected chi connectivity index (χ2v) is 7.52. The Kier molecular flexibility index (Phi) is 4.34. The molecule has 1 amide bonds. The van der Waals surface area contributed by atoms with Crippen molar-refractivity contribution in [2.24, 2.45) is 7.05 Å². The minimum absolute atomic E-state index is 0.0347. The molecule has 0 bridgehead atoms. The summed E-state index contributed by atoms with van der Waals surface area (Å²) in [5.41, 5.74) is 1.60. The number of carbonyl (C=O) groups excluding carboxylic acids is 1. The van der Waals surface area contributed by atoms with Crippen molar-refractivity contribution in [3.05, 3.63) is 51.8 Å². The Hall–Kier alpha value is -2.51.